The fraction of sp³-hybridized carbons (Fsp3) is 0.391. The molecule has 1 fully saturated rings. The third-order valence-electron chi connectivity index (χ3n) is 5.50. The molecular formula is C23H29N3O2. The van der Waals surface area contributed by atoms with Gasteiger partial charge in [0.15, 0.2) is 0 Å². The van der Waals surface area contributed by atoms with E-state index in [1.54, 1.807) is 4.90 Å². The maximum Gasteiger partial charge on any atom is 0.321 e. The SMILES string of the molecule is Cc1cccc(NC(=O)N2CCC[C@](C)(C(=O)NCc3ccccc3C)C2)c1. The monoisotopic (exact) mass is 379 g/mol. The Bertz CT molecular complexity index is 864. The zero-order valence-corrected chi connectivity index (χ0v) is 16.9. The molecular weight excluding hydrogens is 350 g/mol. The summed E-state index contributed by atoms with van der Waals surface area (Å²) in [6.45, 7) is 7.58. The van der Waals surface area contributed by atoms with Gasteiger partial charge in [0.25, 0.3) is 0 Å². The van der Waals surface area contributed by atoms with Crippen molar-refractivity contribution in [2.24, 2.45) is 5.41 Å². The molecule has 1 aliphatic heterocycles. The highest BCUT2D eigenvalue weighted by molar-refractivity contribution is 5.90. The first kappa shape index (κ1) is 19.9. The van der Waals surface area contributed by atoms with Crippen LogP contribution < -0.4 is 10.6 Å². The second-order valence-corrected chi connectivity index (χ2v) is 7.99. The molecule has 0 spiro atoms. The van der Waals surface area contributed by atoms with Crippen LogP contribution >= 0.6 is 0 Å². The highest BCUT2D eigenvalue weighted by Gasteiger charge is 2.39. The molecule has 3 amide bonds. The minimum absolute atomic E-state index is 0.00353. The van der Waals surface area contributed by atoms with Gasteiger partial charge in [0.1, 0.15) is 0 Å². The Morgan fingerprint density at radius 2 is 1.89 bits per heavy atom. The number of likely N-dealkylation sites (tertiary alicyclic amines) is 1. The van der Waals surface area contributed by atoms with Gasteiger partial charge in [-0.15, -0.1) is 0 Å². The van der Waals surface area contributed by atoms with Crippen molar-refractivity contribution < 1.29 is 9.59 Å². The first-order valence-electron chi connectivity index (χ1n) is 9.83. The molecule has 2 aromatic rings. The number of aryl methyl sites for hydroxylation is 2. The van der Waals surface area contributed by atoms with Crippen LogP contribution in [0.25, 0.3) is 0 Å². The summed E-state index contributed by atoms with van der Waals surface area (Å²) < 4.78 is 0. The summed E-state index contributed by atoms with van der Waals surface area (Å²) in [5.74, 6) is 0.00353. The summed E-state index contributed by atoms with van der Waals surface area (Å²) in [6, 6.07) is 15.6. The maximum absolute atomic E-state index is 12.9. The van der Waals surface area contributed by atoms with Crippen molar-refractivity contribution in [1.29, 1.82) is 0 Å². The van der Waals surface area contributed by atoms with Crippen molar-refractivity contribution in [2.45, 2.75) is 40.2 Å². The average Bonchev–Trinajstić information content (AvgIpc) is 2.67. The van der Waals surface area contributed by atoms with Gasteiger partial charge in [0.05, 0.1) is 5.41 Å². The first-order chi connectivity index (χ1) is 13.4. The Labute approximate surface area is 167 Å². The third-order valence-corrected chi connectivity index (χ3v) is 5.50. The third kappa shape index (κ3) is 4.71. The average molecular weight is 380 g/mol. The van der Waals surface area contributed by atoms with Crippen LogP contribution in [-0.2, 0) is 11.3 Å². The highest BCUT2D eigenvalue weighted by Crippen LogP contribution is 2.30. The van der Waals surface area contributed by atoms with Crippen molar-refractivity contribution in [3.63, 3.8) is 0 Å². The van der Waals surface area contributed by atoms with Crippen molar-refractivity contribution in [2.75, 3.05) is 18.4 Å². The molecule has 0 bridgehead atoms. The number of urea groups is 1. The smallest absolute Gasteiger partial charge is 0.321 e. The van der Waals surface area contributed by atoms with Gasteiger partial charge in [-0.05, 0) is 62.4 Å². The lowest BCUT2D eigenvalue weighted by Gasteiger charge is -2.39. The largest absolute Gasteiger partial charge is 0.351 e. The van der Waals surface area contributed by atoms with Crippen LogP contribution in [0.4, 0.5) is 10.5 Å². The summed E-state index contributed by atoms with van der Waals surface area (Å²) in [6.07, 6.45) is 1.59. The fourth-order valence-corrected chi connectivity index (χ4v) is 3.72. The zero-order valence-electron chi connectivity index (χ0n) is 16.9. The van der Waals surface area contributed by atoms with Crippen LogP contribution in [0.3, 0.4) is 0 Å². The number of anilines is 1. The molecule has 1 heterocycles. The number of carbonyl (C=O) groups is 2. The predicted molar refractivity (Wildman–Crippen MR) is 112 cm³/mol. The lowest BCUT2D eigenvalue weighted by atomic mass is 9.81. The van der Waals surface area contributed by atoms with Crippen LogP contribution in [0.2, 0.25) is 0 Å². The lowest BCUT2D eigenvalue weighted by Crippen LogP contribution is -2.52. The Hall–Kier alpha value is -2.82. The van der Waals surface area contributed by atoms with E-state index in [1.165, 1.54) is 0 Å². The standard InChI is InChI=1S/C23H29N3O2/c1-17-8-6-11-20(14-17)25-22(28)26-13-7-12-23(3,16-26)21(27)24-15-19-10-5-4-9-18(19)2/h4-6,8-11,14H,7,12-13,15-16H2,1-3H3,(H,24,27)(H,25,28)/t23-/m0/s1. The summed E-state index contributed by atoms with van der Waals surface area (Å²) in [5, 5.41) is 6.02. The van der Waals surface area contributed by atoms with Crippen LogP contribution in [0.15, 0.2) is 48.5 Å². The van der Waals surface area contributed by atoms with Crippen LogP contribution in [-0.4, -0.2) is 29.9 Å². The number of amides is 3. The molecule has 1 atom stereocenters. The number of carbonyl (C=O) groups excluding carboxylic acids is 2. The van der Waals surface area contributed by atoms with E-state index in [2.05, 4.69) is 10.6 Å². The number of hydrogen-bond acceptors (Lipinski definition) is 2. The second kappa shape index (κ2) is 8.46. The minimum Gasteiger partial charge on any atom is -0.351 e. The molecule has 0 unspecified atom stereocenters. The van der Waals surface area contributed by atoms with E-state index in [9.17, 15) is 9.59 Å². The normalized spacial score (nSPS) is 19.2. The van der Waals surface area contributed by atoms with E-state index >= 15 is 0 Å². The van der Waals surface area contributed by atoms with E-state index in [0.29, 0.717) is 19.6 Å². The molecule has 28 heavy (non-hydrogen) atoms. The number of benzene rings is 2. The summed E-state index contributed by atoms with van der Waals surface area (Å²) in [7, 11) is 0. The molecule has 5 nitrogen and oxygen atoms in total. The van der Waals surface area contributed by atoms with Crippen LogP contribution in [0.5, 0.6) is 0 Å². The zero-order chi connectivity index (χ0) is 20.1. The van der Waals surface area contributed by atoms with Gasteiger partial charge < -0.3 is 15.5 Å². The molecule has 0 aromatic heterocycles. The van der Waals surface area contributed by atoms with Gasteiger partial charge in [0, 0.05) is 25.3 Å². The van der Waals surface area contributed by atoms with E-state index in [4.69, 9.17) is 0 Å². The molecule has 0 saturated carbocycles. The van der Waals surface area contributed by atoms with Crippen LogP contribution in [0, 0.1) is 19.3 Å². The molecule has 0 aliphatic carbocycles. The Morgan fingerprint density at radius 1 is 1.11 bits per heavy atom. The molecule has 148 valence electrons. The Kier molecular flexibility index (Phi) is 6.02. The highest BCUT2D eigenvalue weighted by atomic mass is 16.2. The molecule has 1 aliphatic rings. The number of nitrogens with zero attached hydrogens (tertiary/aromatic N) is 1. The van der Waals surface area contributed by atoms with Crippen molar-refractivity contribution in [3.05, 3.63) is 65.2 Å². The van der Waals surface area contributed by atoms with E-state index in [1.807, 2.05) is 69.3 Å². The van der Waals surface area contributed by atoms with Gasteiger partial charge in [0.2, 0.25) is 5.91 Å². The van der Waals surface area contributed by atoms with Gasteiger partial charge in [-0.1, -0.05) is 36.4 Å². The fourth-order valence-electron chi connectivity index (χ4n) is 3.72. The van der Waals surface area contributed by atoms with E-state index < -0.39 is 5.41 Å². The van der Waals surface area contributed by atoms with Gasteiger partial charge in [-0.3, -0.25) is 4.79 Å². The van der Waals surface area contributed by atoms with Crippen molar-refractivity contribution in [3.8, 4) is 0 Å². The van der Waals surface area contributed by atoms with Gasteiger partial charge in [-0.25, -0.2) is 4.79 Å². The molecule has 5 heteroatoms. The van der Waals surface area contributed by atoms with E-state index in [0.717, 1.165) is 35.2 Å². The second-order valence-electron chi connectivity index (χ2n) is 7.99. The van der Waals surface area contributed by atoms with Crippen LogP contribution in [0.1, 0.15) is 36.5 Å². The molecule has 1 saturated heterocycles. The summed E-state index contributed by atoms with van der Waals surface area (Å²) in [5.41, 5.74) is 3.57. The topological polar surface area (TPSA) is 61.4 Å². The molecule has 2 N–H and O–H groups in total. The lowest BCUT2D eigenvalue weighted by molar-refractivity contribution is -0.132. The summed E-state index contributed by atoms with van der Waals surface area (Å²) >= 11 is 0. The number of piperidine rings is 1. The number of rotatable bonds is 4. The minimum atomic E-state index is -0.578. The number of nitrogens with one attached hydrogen (secondary N) is 2. The first-order valence-corrected chi connectivity index (χ1v) is 9.83. The quantitative estimate of drug-likeness (QED) is 0.834. The van der Waals surface area contributed by atoms with Gasteiger partial charge in [-0.2, -0.15) is 0 Å². The Balaban J connectivity index is 1.61. The van der Waals surface area contributed by atoms with Crippen molar-refractivity contribution >= 4 is 17.6 Å². The summed E-state index contributed by atoms with van der Waals surface area (Å²) in [4.78, 5) is 27.4. The van der Waals surface area contributed by atoms with Gasteiger partial charge >= 0.3 is 6.03 Å². The number of hydrogen-bond donors (Lipinski definition) is 2. The molecule has 2 aromatic carbocycles. The molecule has 3 rings (SSSR count). The molecule has 0 radical (unpaired) electrons. The Morgan fingerprint density at radius 3 is 2.64 bits per heavy atom. The van der Waals surface area contributed by atoms with Crippen molar-refractivity contribution in [1.82, 2.24) is 10.2 Å². The predicted octanol–water partition coefficient (Wildman–Crippen LogP) is 4.25. The van der Waals surface area contributed by atoms with E-state index in [-0.39, 0.29) is 11.9 Å². The maximum atomic E-state index is 12.9.